The van der Waals surface area contributed by atoms with Gasteiger partial charge in [-0.15, -0.1) is 0 Å². The van der Waals surface area contributed by atoms with Crippen LogP contribution in [-0.4, -0.2) is 43.6 Å². The number of aliphatic carboxylic acids is 1. The van der Waals surface area contributed by atoms with Crippen LogP contribution in [0.4, 0.5) is 5.82 Å². The van der Waals surface area contributed by atoms with Gasteiger partial charge in [-0.2, -0.15) is 0 Å². The summed E-state index contributed by atoms with van der Waals surface area (Å²) in [5, 5.41) is 9.32. The van der Waals surface area contributed by atoms with Gasteiger partial charge in [0.2, 0.25) is 0 Å². The van der Waals surface area contributed by atoms with E-state index in [2.05, 4.69) is 19.9 Å². The number of carboxylic acids is 1. The predicted molar refractivity (Wildman–Crippen MR) is 78.2 cm³/mol. The summed E-state index contributed by atoms with van der Waals surface area (Å²) in [6.45, 7) is 0. The van der Waals surface area contributed by atoms with Crippen molar-refractivity contribution in [2.24, 2.45) is 0 Å². The molecule has 7 nitrogen and oxygen atoms in total. The third-order valence-electron chi connectivity index (χ3n) is 4.50. The molecule has 2 aromatic rings. The highest BCUT2D eigenvalue weighted by Crippen LogP contribution is 2.39. The van der Waals surface area contributed by atoms with E-state index in [0.717, 1.165) is 37.0 Å². The summed E-state index contributed by atoms with van der Waals surface area (Å²) < 4.78 is 0. The molecule has 0 aromatic carbocycles. The maximum absolute atomic E-state index is 11.3. The molecule has 0 atom stereocenters. The van der Waals surface area contributed by atoms with Crippen molar-refractivity contribution in [3.8, 4) is 0 Å². The van der Waals surface area contributed by atoms with E-state index in [9.17, 15) is 9.90 Å². The van der Waals surface area contributed by atoms with Gasteiger partial charge in [0.25, 0.3) is 0 Å². The lowest BCUT2D eigenvalue weighted by atomic mass is 9.78. The highest BCUT2D eigenvalue weighted by atomic mass is 16.4. The normalized spacial score (nSPS) is 17.8. The minimum atomic E-state index is -0.765. The Hall–Kier alpha value is -2.18. The first-order valence-corrected chi connectivity index (χ1v) is 7.22. The molecule has 0 radical (unpaired) electrons. The second kappa shape index (κ2) is 5.31. The van der Waals surface area contributed by atoms with E-state index < -0.39 is 5.97 Å². The van der Waals surface area contributed by atoms with E-state index in [1.807, 2.05) is 11.9 Å². The number of rotatable bonds is 4. The van der Waals surface area contributed by atoms with Crippen molar-refractivity contribution in [1.29, 1.82) is 0 Å². The Kier molecular flexibility index (Phi) is 3.48. The number of hydrogen-bond acceptors (Lipinski definition) is 5. The van der Waals surface area contributed by atoms with Gasteiger partial charge in [-0.1, -0.05) is 19.3 Å². The van der Waals surface area contributed by atoms with E-state index >= 15 is 0 Å². The molecule has 0 amide bonds. The first-order valence-electron chi connectivity index (χ1n) is 7.22. The minimum absolute atomic E-state index is 0.128. The van der Waals surface area contributed by atoms with Crippen molar-refractivity contribution in [3.63, 3.8) is 0 Å². The zero-order valence-corrected chi connectivity index (χ0v) is 12.0. The van der Waals surface area contributed by atoms with Crippen molar-refractivity contribution in [3.05, 3.63) is 12.7 Å². The molecule has 1 aliphatic carbocycles. The summed E-state index contributed by atoms with van der Waals surface area (Å²) in [4.78, 5) is 29.0. The smallest absolute Gasteiger partial charge is 0.305 e. The van der Waals surface area contributed by atoms with Crippen LogP contribution in [0.1, 0.15) is 38.5 Å². The third-order valence-corrected chi connectivity index (χ3v) is 4.50. The van der Waals surface area contributed by atoms with Crippen LogP contribution in [0.2, 0.25) is 0 Å². The predicted octanol–water partition coefficient (Wildman–Crippen LogP) is 1.97. The number of aromatic nitrogens is 4. The van der Waals surface area contributed by atoms with Crippen LogP contribution in [0.25, 0.3) is 11.2 Å². The summed E-state index contributed by atoms with van der Waals surface area (Å²) in [6, 6.07) is 0. The van der Waals surface area contributed by atoms with Crippen LogP contribution >= 0.6 is 0 Å². The molecule has 1 fully saturated rings. The van der Waals surface area contributed by atoms with Crippen molar-refractivity contribution in [1.82, 2.24) is 19.9 Å². The second-order valence-electron chi connectivity index (χ2n) is 5.71. The monoisotopic (exact) mass is 289 g/mol. The zero-order valence-electron chi connectivity index (χ0n) is 12.0. The lowest BCUT2D eigenvalue weighted by molar-refractivity contribution is -0.138. The Labute approximate surface area is 122 Å². The fourth-order valence-corrected chi connectivity index (χ4v) is 3.35. The zero-order chi connectivity index (χ0) is 14.9. The average molecular weight is 289 g/mol. The van der Waals surface area contributed by atoms with Crippen molar-refractivity contribution in [2.45, 2.75) is 44.1 Å². The number of hydrogen-bond donors (Lipinski definition) is 2. The average Bonchev–Trinajstić information content (AvgIpc) is 2.95. The molecule has 3 rings (SSSR count). The number of H-pyrrole nitrogens is 1. The number of nitrogens with one attached hydrogen (secondary N) is 1. The molecule has 1 saturated carbocycles. The molecule has 112 valence electrons. The summed E-state index contributed by atoms with van der Waals surface area (Å²) in [6.07, 6.45) is 8.20. The molecular weight excluding hydrogens is 270 g/mol. The van der Waals surface area contributed by atoms with Gasteiger partial charge in [0.15, 0.2) is 11.5 Å². The molecular formula is C14H19N5O2. The first kappa shape index (κ1) is 13.8. The molecule has 2 N–H and O–H groups in total. The number of aromatic amines is 1. The van der Waals surface area contributed by atoms with Crippen molar-refractivity contribution in [2.75, 3.05) is 11.9 Å². The maximum Gasteiger partial charge on any atom is 0.305 e. The van der Waals surface area contributed by atoms with Gasteiger partial charge in [-0.3, -0.25) is 4.79 Å². The van der Waals surface area contributed by atoms with Gasteiger partial charge in [0.1, 0.15) is 11.8 Å². The summed E-state index contributed by atoms with van der Waals surface area (Å²) in [5.41, 5.74) is 0.986. The van der Waals surface area contributed by atoms with Gasteiger partial charge >= 0.3 is 5.97 Å². The van der Waals surface area contributed by atoms with E-state index in [1.54, 1.807) is 6.33 Å². The van der Waals surface area contributed by atoms with E-state index in [-0.39, 0.29) is 12.0 Å². The van der Waals surface area contributed by atoms with Crippen molar-refractivity contribution < 1.29 is 9.90 Å². The quantitative estimate of drug-likeness (QED) is 0.893. The van der Waals surface area contributed by atoms with Crippen LogP contribution in [0.15, 0.2) is 12.7 Å². The Balaban J connectivity index is 2.02. The number of carbonyl (C=O) groups is 1. The van der Waals surface area contributed by atoms with Crippen LogP contribution in [0, 0.1) is 0 Å². The summed E-state index contributed by atoms with van der Waals surface area (Å²) >= 11 is 0. The molecule has 0 spiro atoms. The van der Waals surface area contributed by atoms with Crippen LogP contribution < -0.4 is 4.90 Å². The number of imidazole rings is 1. The molecule has 1 aliphatic rings. The van der Waals surface area contributed by atoms with Crippen LogP contribution in [-0.2, 0) is 4.79 Å². The SMILES string of the molecule is CN(c1ncnc2nc[nH]c12)C1(CC(=O)O)CCCCC1. The van der Waals surface area contributed by atoms with Gasteiger partial charge in [-0.25, -0.2) is 15.0 Å². The molecule has 7 heteroatoms. The molecule has 0 aliphatic heterocycles. The number of carboxylic acid groups (broad SMARTS) is 1. The number of anilines is 1. The fraction of sp³-hybridized carbons (Fsp3) is 0.571. The number of nitrogens with zero attached hydrogens (tertiary/aromatic N) is 4. The highest BCUT2D eigenvalue weighted by molar-refractivity contribution is 5.83. The molecule has 0 bridgehead atoms. The second-order valence-corrected chi connectivity index (χ2v) is 5.71. The van der Waals surface area contributed by atoms with Gasteiger partial charge in [-0.05, 0) is 12.8 Å². The van der Waals surface area contributed by atoms with E-state index in [1.165, 1.54) is 12.7 Å². The first-order chi connectivity index (χ1) is 10.1. The highest BCUT2D eigenvalue weighted by Gasteiger charge is 2.39. The molecule has 2 aromatic heterocycles. The van der Waals surface area contributed by atoms with Gasteiger partial charge in [0.05, 0.1) is 18.3 Å². The standard InChI is InChI=1S/C14H19N5O2/c1-19(13-11-12(16-8-15-11)17-9-18-13)14(7-10(20)21)5-3-2-4-6-14/h8-9H,2-7H2,1H3,(H,20,21)(H,15,16,17,18). The fourth-order valence-electron chi connectivity index (χ4n) is 3.35. The molecule has 0 saturated heterocycles. The van der Waals surface area contributed by atoms with Gasteiger partial charge in [0, 0.05) is 7.05 Å². The van der Waals surface area contributed by atoms with E-state index in [0.29, 0.717) is 5.65 Å². The Morgan fingerprint density at radius 2 is 2.10 bits per heavy atom. The topological polar surface area (TPSA) is 95.0 Å². The minimum Gasteiger partial charge on any atom is -0.481 e. The summed E-state index contributed by atoms with van der Waals surface area (Å²) in [5.74, 6) is -0.0423. The Morgan fingerprint density at radius 3 is 2.81 bits per heavy atom. The largest absolute Gasteiger partial charge is 0.481 e. The Bertz CT molecular complexity index is 648. The van der Waals surface area contributed by atoms with E-state index in [4.69, 9.17) is 0 Å². The molecule has 2 heterocycles. The lowest BCUT2D eigenvalue weighted by Gasteiger charge is -2.44. The Morgan fingerprint density at radius 1 is 1.33 bits per heavy atom. The third kappa shape index (κ3) is 2.43. The van der Waals surface area contributed by atoms with Crippen LogP contribution in [0.5, 0.6) is 0 Å². The number of fused-ring (bicyclic) bond motifs is 1. The van der Waals surface area contributed by atoms with Gasteiger partial charge < -0.3 is 15.0 Å². The molecule has 21 heavy (non-hydrogen) atoms. The molecule has 0 unspecified atom stereocenters. The lowest BCUT2D eigenvalue weighted by Crippen LogP contribution is -2.50. The van der Waals surface area contributed by atoms with Crippen molar-refractivity contribution >= 4 is 23.0 Å². The van der Waals surface area contributed by atoms with Crippen LogP contribution in [0.3, 0.4) is 0 Å². The maximum atomic E-state index is 11.3. The summed E-state index contributed by atoms with van der Waals surface area (Å²) in [7, 11) is 1.93.